The van der Waals surface area contributed by atoms with Gasteiger partial charge in [-0.15, -0.1) is 11.3 Å². The Hall–Kier alpha value is -1.72. The number of hydrogen-bond acceptors (Lipinski definition) is 4. The molecular weight excluding hydrogens is 330 g/mol. The average Bonchev–Trinajstić information content (AvgIpc) is 3.07. The van der Waals surface area contributed by atoms with Gasteiger partial charge in [-0.05, 0) is 45.7 Å². The summed E-state index contributed by atoms with van der Waals surface area (Å²) in [5, 5.41) is 3.05. The van der Waals surface area contributed by atoms with Crippen molar-refractivity contribution < 1.29 is 4.79 Å². The Morgan fingerprint density at radius 2 is 1.88 bits per heavy atom. The summed E-state index contributed by atoms with van der Waals surface area (Å²) in [5.41, 5.74) is 2.86. The summed E-state index contributed by atoms with van der Waals surface area (Å²) in [6.07, 6.45) is 2.10. The number of rotatable bonds is 4. The highest BCUT2D eigenvalue weighted by Crippen LogP contribution is 2.25. The normalized spacial score (nSPS) is 16.4. The lowest BCUT2D eigenvalue weighted by Gasteiger charge is -2.38. The fourth-order valence-electron chi connectivity index (χ4n) is 3.40. The molecule has 0 N–H and O–H groups in total. The van der Waals surface area contributed by atoms with Crippen molar-refractivity contribution in [3.63, 3.8) is 0 Å². The van der Waals surface area contributed by atoms with Gasteiger partial charge < -0.3 is 9.80 Å². The molecule has 0 bridgehead atoms. The Balaban J connectivity index is 1.64. The zero-order chi connectivity index (χ0) is 18.0. The molecule has 1 aliphatic rings. The first-order chi connectivity index (χ1) is 12.0. The molecule has 0 spiro atoms. The number of carbonyl (C=O) groups excluding carboxylic acids is 1. The molecule has 0 atom stereocenters. The van der Waals surface area contributed by atoms with E-state index in [9.17, 15) is 4.79 Å². The highest BCUT2D eigenvalue weighted by atomic mass is 32.1. The van der Waals surface area contributed by atoms with E-state index >= 15 is 0 Å². The van der Waals surface area contributed by atoms with Gasteiger partial charge in [-0.3, -0.25) is 4.79 Å². The molecule has 4 nitrogen and oxygen atoms in total. The lowest BCUT2D eigenvalue weighted by atomic mass is 10.0. The monoisotopic (exact) mass is 357 g/mol. The van der Waals surface area contributed by atoms with Gasteiger partial charge >= 0.3 is 0 Å². The Labute approximate surface area is 154 Å². The number of likely N-dealkylation sites (tertiary alicyclic amines) is 1. The third-order valence-corrected chi connectivity index (χ3v) is 6.10. The standard InChI is InChI=1S/C20H27N3OS/c1-14(2)23-11-9-18(10-12-23)22(4)20(24)17-7-5-16(6-8-17)19-21-15(3)13-25-19/h5-8,13-14,18H,9-12H2,1-4H3. The van der Waals surface area contributed by atoms with Crippen LogP contribution in [0.2, 0.25) is 0 Å². The van der Waals surface area contributed by atoms with Crippen LogP contribution in [0, 0.1) is 6.92 Å². The summed E-state index contributed by atoms with van der Waals surface area (Å²) in [6, 6.07) is 8.77. The largest absolute Gasteiger partial charge is 0.339 e. The molecule has 2 heterocycles. The Kier molecular flexibility index (Phi) is 5.54. The second-order valence-corrected chi connectivity index (χ2v) is 8.01. The fraction of sp³-hybridized carbons (Fsp3) is 0.500. The van der Waals surface area contributed by atoms with Gasteiger partial charge in [-0.1, -0.05) is 12.1 Å². The van der Waals surface area contributed by atoms with Crippen molar-refractivity contribution in [1.29, 1.82) is 0 Å². The Bertz CT molecular complexity index is 715. The lowest BCUT2D eigenvalue weighted by Crippen LogP contribution is -2.47. The number of aryl methyl sites for hydroxylation is 1. The van der Waals surface area contributed by atoms with Crippen LogP contribution >= 0.6 is 11.3 Å². The van der Waals surface area contributed by atoms with E-state index in [4.69, 9.17) is 0 Å². The minimum Gasteiger partial charge on any atom is -0.339 e. The molecular formula is C20H27N3OS. The van der Waals surface area contributed by atoms with Crippen LogP contribution < -0.4 is 0 Å². The van der Waals surface area contributed by atoms with Crippen LogP contribution in [0.3, 0.4) is 0 Å². The first-order valence-electron chi connectivity index (χ1n) is 8.99. The molecule has 1 aliphatic heterocycles. The van der Waals surface area contributed by atoms with Crippen LogP contribution in [0.15, 0.2) is 29.6 Å². The lowest BCUT2D eigenvalue weighted by molar-refractivity contribution is 0.0615. The summed E-state index contributed by atoms with van der Waals surface area (Å²) in [5.74, 6) is 0.116. The molecule has 134 valence electrons. The molecule has 0 radical (unpaired) electrons. The van der Waals surface area contributed by atoms with Crippen LogP contribution in [0.4, 0.5) is 0 Å². The summed E-state index contributed by atoms with van der Waals surface area (Å²) < 4.78 is 0. The zero-order valence-corrected chi connectivity index (χ0v) is 16.3. The molecule has 0 aliphatic carbocycles. The third kappa shape index (κ3) is 4.10. The minimum absolute atomic E-state index is 0.116. The first kappa shape index (κ1) is 18.1. The van der Waals surface area contributed by atoms with Gasteiger partial charge in [0.25, 0.3) is 5.91 Å². The minimum atomic E-state index is 0.116. The van der Waals surface area contributed by atoms with Crippen LogP contribution in [0.5, 0.6) is 0 Å². The molecule has 1 aromatic carbocycles. The molecule has 1 aromatic heterocycles. The van der Waals surface area contributed by atoms with Crippen molar-refractivity contribution >= 4 is 17.2 Å². The summed E-state index contributed by atoms with van der Waals surface area (Å²) >= 11 is 1.64. The maximum atomic E-state index is 12.8. The summed E-state index contributed by atoms with van der Waals surface area (Å²) in [6.45, 7) is 8.61. The van der Waals surface area contributed by atoms with Crippen molar-refractivity contribution in [3.8, 4) is 10.6 Å². The van der Waals surface area contributed by atoms with Gasteiger partial charge in [-0.25, -0.2) is 4.98 Å². The fourth-order valence-corrected chi connectivity index (χ4v) is 4.20. The molecule has 1 amide bonds. The predicted molar refractivity (Wildman–Crippen MR) is 104 cm³/mol. The van der Waals surface area contributed by atoms with Gasteiger partial charge in [0.1, 0.15) is 5.01 Å². The van der Waals surface area contributed by atoms with E-state index < -0.39 is 0 Å². The Morgan fingerprint density at radius 1 is 1.24 bits per heavy atom. The van der Waals surface area contributed by atoms with E-state index in [1.54, 1.807) is 11.3 Å². The number of piperidine rings is 1. The number of benzene rings is 1. The van der Waals surface area contributed by atoms with Crippen molar-refractivity contribution in [2.24, 2.45) is 0 Å². The number of hydrogen-bond donors (Lipinski definition) is 0. The van der Waals surface area contributed by atoms with E-state index in [1.807, 2.05) is 48.5 Å². The van der Waals surface area contributed by atoms with E-state index in [1.165, 1.54) is 0 Å². The number of carbonyl (C=O) groups is 1. The second-order valence-electron chi connectivity index (χ2n) is 7.15. The number of aromatic nitrogens is 1. The van der Waals surface area contributed by atoms with Gasteiger partial charge in [0.15, 0.2) is 0 Å². The topological polar surface area (TPSA) is 36.4 Å². The molecule has 0 unspecified atom stereocenters. The van der Waals surface area contributed by atoms with Crippen LogP contribution in [0.25, 0.3) is 10.6 Å². The van der Waals surface area contributed by atoms with Crippen LogP contribution in [-0.2, 0) is 0 Å². The van der Waals surface area contributed by atoms with Crippen molar-refractivity contribution in [1.82, 2.24) is 14.8 Å². The smallest absolute Gasteiger partial charge is 0.253 e. The van der Waals surface area contributed by atoms with Gasteiger partial charge in [0.2, 0.25) is 0 Å². The van der Waals surface area contributed by atoms with E-state index in [-0.39, 0.29) is 5.91 Å². The van der Waals surface area contributed by atoms with Crippen LogP contribution in [0.1, 0.15) is 42.7 Å². The van der Waals surface area contributed by atoms with E-state index in [0.29, 0.717) is 12.1 Å². The third-order valence-electron chi connectivity index (χ3n) is 5.10. The maximum Gasteiger partial charge on any atom is 0.253 e. The van der Waals surface area contributed by atoms with Gasteiger partial charge in [0.05, 0.1) is 0 Å². The average molecular weight is 358 g/mol. The highest BCUT2D eigenvalue weighted by Gasteiger charge is 2.26. The number of thiazole rings is 1. The van der Waals surface area contributed by atoms with Gasteiger partial charge in [-0.2, -0.15) is 0 Å². The molecule has 1 fully saturated rings. The van der Waals surface area contributed by atoms with Crippen molar-refractivity contribution in [3.05, 3.63) is 40.9 Å². The number of amides is 1. The first-order valence-corrected chi connectivity index (χ1v) is 9.87. The second kappa shape index (κ2) is 7.67. The number of nitrogens with zero attached hydrogens (tertiary/aromatic N) is 3. The summed E-state index contributed by atoms with van der Waals surface area (Å²) in [4.78, 5) is 21.7. The Morgan fingerprint density at radius 3 is 2.40 bits per heavy atom. The molecule has 25 heavy (non-hydrogen) atoms. The molecule has 3 rings (SSSR count). The molecule has 2 aromatic rings. The van der Waals surface area contributed by atoms with Crippen molar-refractivity contribution in [2.75, 3.05) is 20.1 Å². The predicted octanol–water partition coefficient (Wildman–Crippen LogP) is 4.06. The highest BCUT2D eigenvalue weighted by molar-refractivity contribution is 7.13. The van der Waals surface area contributed by atoms with Crippen molar-refractivity contribution in [2.45, 2.75) is 45.7 Å². The van der Waals surface area contributed by atoms with E-state index in [0.717, 1.165) is 47.8 Å². The zero-order valence-electron chi connectivity index (χ0n) is 15.5. The molecule has 1 saturated heterocycles. The quantitative estimate of drug-likeness (QED) is 0.828. The SMILES string of the molecule is Cc1csc(-c2ccc(C(=O)N(C)C3CCN(C(C)C)CC3)cc2)n1. The van der Waals surface area contributed by atoms with Crippen LogP contribution in [-0.4, -0.2) is 52.9 Å². The van der Waals surface area contributed by atoms with Gasteiger partial charge in [0, 0.05) is 54.4 Å². The maximum absolute atomic E-state index is 12.8. The molecule has 0 saturated carbocycles. The molecule has 5 heteroatoms. The van der Waals surface area contributed by atoms with E-state index in [2.05, 4.69) is 23.7 Å². The summed E-state index contributed by atoms with van der Waals surface area (Å²) in [7, 11) is 1.94.